The highest BCUT2D eigenvalue weighted by molar-refractivity contribution is 6.28. The topological polar surface area (TPSA) is 63.2 Å². The van der Waals surface area contributed by atoms with Crippen molar-refractivity contribution in [3.05, 3.63) is 5.28 Å². The fraction of sp³-hybridized carbons (Fsp3) is 0.786. The van der Waals surface area contributed by atoms with E-state index in [1.54, 1.807) is 0 Å². The first-order valence-corrected chi connectivity index (χ1v) is 8.07. The Labute approximate surface area is 131 Å². The van der Waals surface area contributed by atoms with Gasteiger partial charge in [-0.2, -0.15) is 15.0 Å². The normalized spacial score (nSPS) is 21.5. The number of halogens is 1. The number of hydrogen-bond donors (Lipinski definition) is 1. The van der Waals surface area contributed by atoms with Crippen LogP contribution in [0, 0.1) is 5.92 Å². The molecule has 0 aromatic carbocycles. The molecule has 6 nitrogen and oxygen atoms in total. The molecular formula is C14H24ClN5O. The standard InChI is InChI=1S/C14H24ClN5O/c1-4-11-10(7-8-21-11)9-16-13-17-12(15)18-14(19-13)20(5-2)6-3/h10-11H,4-9H2,1-3H3,(H,16,17,18,19). The zero-order valence-corrected chi connectivity index (χ0v) is 13.7. The summed E-state index contributed by atoms with van der Waals surface area (Å²) >= 11 is 6.01. The average molecular weight is 314 g/mol. The third kappa shape index (κ3) is 4.17. The molecule has 1 aliphatic rings. The van der Waals surface area contributed by atoms with Gasteiger partial charge in [-0.1, -0.05) is 6.92 Å². The average Bonchev–Trinajstić information content (AvgIpc) is 2.93. The summed E-state index contributed by atoms with van der Waals surface area (Å²) in [4.78, 5) is 14.9. The van der Waals surface area contributed by atoms with Crippen molar-refractivity contribution in [2.75, 3.05) is 36.5 Å². The maximum absolute atomic E-state index is 6.01. The SMILES string of the molecule is CCC1OCCC1CNc1nc(Cl)nc(N(CC)CC)n1. The van der Waals surface area contributed by atoms with Crippen molar-refractivity contribution in [2.45, 2.75) is 39.7 Å². The maximum Gasteiger partial charge on any atom is 0.231 e. The molecule has 0 spiro atoms. The van der Waals surface area contributed by atoms with Gasteiger partial charge in [0.05, 0.1) is 6.10 Å². The zero-order valence-electron chi connectivity index (χ0n) is 13.0. The smallest absolute Gasteiger partial charge is 0.231 e. The third-order valence-electron chi connectivity index (χ3n) is 3.91. The zero-order chi connectivity index (χ0) is 15.2. The predicted octanol–water partition coefficient (Wildman–Crippen LogP) is 2.60. The summed E-state index contributed by atoms with van der Waals surface area (Å²) in [6, 6.07) is 0. The second-order valence-corrected chi connectivity index (χ2v) is 5.49. The van der Waals surface area contributed by atoms with E-state index in [-0.39, 0.29) is 5.28 Å². The molecular weight excluding hydrogens is 290 g/mol. The molecule has 0 saturated carbocycles. The van der Waals surface area contributed by atoms with E-state index < -0.39 is 0 Å². The van der Waals surface area contributed by atoms with Crippen LogP contribution in [0.25, 0.3) is 0 Å². The molecule has 1 N–H and O–H groups in total. The van der Waals surface area contributed by atoms with Crippen molar-refractivity contribution >= 4 is 23.5 Å². The molecule has 0 amide bonds. The van der Waals surface area contributed by atoms with E-state index in [0.29, 0.717) is 23.9 Å². The lowest BCUT2D eigenvalue weighted by atomic mass is 10.00. The number of aromatic nitrogens is 3. The number of anilines is 2. The summed E-state index contributed by atoms with van der Waals surface area (Å²) in [5.74, 6) is 1.67. The highest BCUT2D eigenvalue weighted by Crippen LogP contribution is 2.23. The van der Waals surface area contributed by atoms with Gasteiger partial charge in [-0.25, -0.2) is 0 Å². The molecule has 118 valence electrons. The van der Waals surface area contributed by atoms with E-state index in [2.05, 4.69) is 41.0 Å². The summed E-state index contributed by atoms with van der Waals surface area (Å²) in [6.45, 7) is 9.60. The molecule has 1 fully saturated rings. The first kappa shape index (κ1) is 16.2. The van der Waals surface area contributed by atoms with Crippen LogP contribution in [0.1, 0.15) is 33.6 Å². The van der Waals surface area contributed by atoms with E-state index in [4.69, 9.17) is 16.3 Å². The Morgan fingerprint density at radius 2 is 2.00 bits per heavy atom. The Balaban J connectivity index is 2.02. The lowest BCUT2D eigenvalue weighted by Gasteiger charge is -2.20. The van der Waals surface area contributed by atoms with E-state index in [9.17, 15) is 0 Å². The summed E-state index contributed by atoms with van der Waals surface area (Å²) in [6.07, 6.45) is 2.44. The Kier molecular flexibility index (Phi) is 5.99. The number of ether oxygens (including phenoxy) is 1. The van der Waals surface area contributed by atoms with E-state index in [1.165, 1.54) is 0 Å². The van der Waals surface area contributed by atoms with Crippen LogP contribution in [-0.2, 0) is 4.74 Å². The van der Waals surface area contributed by atoms with Crippen LogP contribution in [0.4, 0.5) is 11.9 Å². The molecule has 1 aliphatic heterocycles. The van der Waals surface area contributed by atoms with Crippen LogP contribution in [0.3, 0.4) is 0 Å². The predicted molar refractivity (Wildman–Crippen MR) is 85.0 cm³/mol. The van der Waals surface area contributed by atoms with Crippen molar-refractivity contribution in [3.63, 3.8) is 0 Å². The minimum absolute atomic E-state index is 0.226. The van der Waals surface area contributed by atoms with Gasteiger partial charge in [0, 0.05) is 32.2 Å². The van der Waals surface area contributed by atoms with Gasteiger partial charge in [-0.15, -0.1) is 0 Å². The van der Waals surface area contributed by atoms with Crippen LogP contribution in [-0.4, -0.2) is 47.3 Å². The first-order chi connectivity index (χ1) is 10.2. The number of rotatable bonds is 7. The lowest BCUT2D eigenvalue weighted by molar-refractivity contribution is 0.0900. The van der Waals surface area contributed by atoms with Crippen molar-refractivity contribution in [3.8, 4) is 0 Å². The molecule has 2 atom stereocenters. The van der Waals surface area contributed by atoms with Gasteiger partial charge in [0.15, 0.2) is 0 Å². The van der Waals surface area contributed by atoms with Crippen molar-refractivity contribution in [2.24, 2.45) is 5.92 Å². The van der Waals surface area contributed by atoms with Crippen LogP contribution >= 0.6 is 11.6 Å². The van der Waals surface area contributed by atoms with E-state index in [1.807, 2.05) is 4.90 Å². The summed E-state index contributed by atoms with van der Waals surface area (Å²) in [5, 5.41) is 3.51. The van der Waals surface area contributed by atoms with Gasteiger partial charge in [0.25, 0.3) is 0 Å². The molecule has 21 heavy (non-hydrogen) atoms. The van der Waals surface area contributed by atoms with Crippen LogP contribution < -0.4 is 10.2 Å². The molecule has 2 heterocycles. The molecule has 2 rings (SSSR count). The first-order valence-electron chi connectivity index (χ1n) is 7.69. The minimum atomic E-state index is 0.226. The highest BCUT2D eigenvalue weighted by Gasteiger charge is 2.26. The molecule has 0 radical (unpaired) electrons. The van der Waals surface area contributed by atoms with Gasteiger partial charge in [-0.3, -0.25) is 0 Å². The second-order valence-electron chi connectivity index (χ2n) is 5.15. The number of hydrogen-bond acceptors (Lipinski definition) is 6. The highest BCUT2D eigenvalue weighted by atomic mass is 35.5. The largest absolute Gasteiger partial charge is 0.378 e. The fourth-order valence-corrected chi connectivity index (χ4v) is 2.82. The minimum Gasteiger partial charge on any atom is -0.378 e. The van der Waals surface area contributed by atoms with Gasteiger partial charge in [0.2, 0.25) is 17.2 Å². The van der Waals surface area contributed by atoms with Gasteiger partial charge < -0.3 is 15.0 Å². The molecule has 1 saturated heterocycles. The molecule has 2 unspecified atom stereocenters. The Hall–Kier alpha value is -1.14. The van der Waals surface area contributed by atoms with Crippen molar-refractivity contribution in [1.29, 1.82) is 0 Å². The Morgan fingerprint density at radius 1 is 1.24 bits per heavy atom. The van der Waals surface area contributed by atoms with Gasteiger partial charge in [0.1, 0.15) is 0 Å². The maximum atomic E-state index is 6.01. The second kappa shape index (κ2) is 7.75. The summed E-state index contributed by atoms with van der Waals surface area (Å²) in [5.41, 5.74) is 0. The Bertz CT molecular complexity index is 455. The number of nitrogens with zero attached hydrogens (tertiary/aromatic N) is 4. The summed E-state index contributed by atoms with van der Waals surface area (Å²) in [7, 11) is 0. The molecule has 0 aliphatic carbocycles. The molecule has 1 aromatic heterocycles. The molecule has 1 aromatic rings. The third-order valence-corrected chi connectivity index (χ3v) is 4.08. The Morgan fingerprint density at radius 3 is 2.67 bits per heavy atom. The van der Waals surface area contributed by atoms with Crippen molar-refractivity contribution < 1.29 is 4.74 Å². The quantitative estimate of drug-likeness (QED) is 0.835. The monoisotopic (exact) mass is 313 g/mol. The molecule has 7 heteroatoms. The van der Waals surface area contributed by atoms with Gasteiger partial charge in [-0.05, 0) is 38.3 Å². The van der Waals surface area contributed by atoms with Crippen molar-refractivity contribution in [1.82, 2.24) is 15.0 Å². The van der Waals surface area contributed by atoms with E-state index in [0.717, 1.165) is 39.1 Å². The molecule has 0 bridgehead atoms. The van der Waals surface area contributed by atoms with Gasteiger partial charge >= 0.3 is 0 Å². The lowest BCUT2D eigenvalue weighted by Crippen LogP contribution is -2.26. The summed E-state index contributed by atoms with van der Waals surface area (Å²) < 4.78 is 5.70. The van der Waals surface area contributed by atoms with Crippen LogP contribution in [0.2, 0.25) is 5.28 Å². The van der Waals surface area contributed by atoms with E-state index >= 15 is 0 Å². The van der Waals surface area contributed by atoms with Crippen LogP contribution in [0.15, 0.2) is 0 Å². The number of nitrogens with one attached hydrogen (secondary N) is 1. The van der Waals surface area contributed by atoms with Crippen LogP contribution in [0.5, 0.6) is 0 Å². The fourth-order valence-electron chi connectivity index (χ4n) is 2.67.